The largest absolute Gasteiger partial charge is 0.357 e. The molecule has 0 fully saturated rings. The molecule has 2 aromatic carbocycles. The lowest BCUT2D eigenvalue weighted by atomic mass is 9.73. The van der Waals surface area contributed by atoms with Crippen molar-refractivity contribution in [2.75, 3.05) is 17.3 Å². The molecule has 2 amide bonds. The molecule has 0 saturated heterocycles. The molecule has 1 unspecified atom stereocenters. The summed E-state index contributed by atoms with van der Waals surface area (Å²) in [7, 11) is 1.56. The molecule has 150 valence electrons. The Kier molecular flexibility index (Phi) is 4.65. The first-order chi connectivity index (χ1) is 13.8. The van der Waals surface area contributed by atoms with Crippen LogP contribution in [0.25, 0.3) is 0 Å². The van der Waals surface area contributed by atoms with Gasteiger partial charge in [-0.15, -0.1) is 0 Å². The number of amides is 2. The maximum Gasteiger partial charge on any atom is 0.322 e. The summed E-state index contributed by atoms with van der Waals surface area (Å²) in [5.41, 5.74) is 3.32. The number of nitrogens with one attached hydrogen (secondary N) is 2. The van der Waals surface area contributed by atoms with Crippen molar-refractivity contribution in [3.05, 3.63) is 71.2 Å². The first-order valence-corrected chi connectivity index (χ1v) is 9.69. The minimum Gasteiger partial charge on any atom is -0.357 e. The second kappa shape index (κ2) is 7.03. The number of hydrogen-bond acceptors (Lipinski definition) is 3. The van der Waals surface area contributed by atoms with Crippen LogP contribution in [0.2, 0.25) is 0 Å². The monoisotopic (exact) mass is 393 g/mol. The quantitative estimate of drug-likeness (QED) is 0.733. The minimum atomic E-state index is -0.648. The van der Waals surface area contributed by atoms with E-state index in [4.69, 9.17) is 0 Å². The van der Waals surface area contributed by atoms with Gasteiger partial charge in [-0.05, 0) is 41.7 Å². The number of Topliss-reactive ketones (excluding diaryl/α,β-unsaturated/α-hetero) is 1. The number of carbonyl (C=O) groups excluding carboxylic acids is 2. The van der Waals surface area contributed by atoms with Crippen LogP contribution in [0.5, 0.6) is 0 Å². The van der Waals surface area contributed by atoms with E-state index in [0.717, 1.165) is 11.4 Å². The van der Waals surface area contributed by atoms with E-state index in [-0.39, 0.29) is 23.0 Å². The van der Waals surface area contributed by atoms with Gasteiger partial charge < -0.3 is 10.6 Å². The zero-order chi connectivity index (χ0) is 20.8. The first kappa shape index (κ1) is 19.2. The number of ketones is 1. The third kappa shape index (κ3) is 3.39. The Hall–Kier alpha value is -3.15. The van der Waals surface area contributed by atoms with Crippen molar-refractivity contribution in [2.24, 2.45) is 5.41 Å². The molecule has 5 nitrogen and oxygen atoms in total. The van der Waals surface area contributed by atoms with Crippen LogP contribution < -0.4 is 15.5 Å². The smallest absolute Gasteiger partial charge is 0.322 e. The van der Waals surface area contributed by atoms with Gasteiger partial charge in [0.2, 0.25) is 0 Å². The van der Waals surface area contributed by atoms with Gasteiger partial charge in [0.25, 0.3) is 0 Å². The van der Waals surface area contributed by atoms with E-state index in [9.17, 15) is 14.0 Å². The highest BCUT2D eigenvalue weighted by Crippen LogP contribution is 2.48. The molecule has 6 heteroatoms. The first-order valence-electron chi connectivity index (χ1n) is 9.69. The van der Waals surface area contributed by atoms with Crippen LogP contribution in [0.3, 0.4) is 0 Å². The van der Waals surface area contributed by atoms with Gasteiger partial charge in [0.15, 0.2) is 5.78 Å². The molecule has 0 aromatic heterocycles. The normalized spacial score (nSPS) is 20.3. The summed E-state index contributed by atoms with van der Waals surface area (Å²) < 4.78 is 13.6. The van der Waals surface area contributed by atoms with E-state index in [1.165, 1.54) is 12.1 Å². The second-order valence-electron chi connectivity index (χ2n) is 8.35. The molecular formula is C23H24FN3O2. The number of anilines is 2. The standard InChI is InChI=1S/C23H24FN3O2/c1-23(2)12-17-20(19(28)13-23)21(14-8-10-15(24)11-9-14)27(22(29)25-3)18-7-5-4-6-16(18)26-17/h4-11,21,26H,12-13H2,1-3H3,(H,25,29). The summed E-state index contributed by atoms with van der Waals surface area (Å²) in [6.07, 6.45) is 1.07. The molecule has 0 saturated carbocycles. The van der Waals surface area contributed by atoms with E-state index >= 15 is 0 Å². The van der Waals surface area contributed by atoms with E-state index in [2.05, 4.69) is 24.5 Å². The lowest BCUT2D eigenvalue weighted by Crippen LogP contribution is -2.43. The molecule has 2 aromatic rings. The number of carbonyl (C=O) groups is 2. The van der Waals surface area contributed by atoms with Gasteiger partial charge in [-0.2, -0.15) is 0 Å². The van der Waals surface area contributed by atoms with E-state index < -0.39 is 6.04 Å². The number of para-hydroxylation sites is 2. The molecule has 29 heavy (non-hydrogen) atoms. The average molecular weight is 393 g/mol. The highest BCUT2D eigenvalue weighted by Gasteiger charge is 2.43. The van der Waals surface area contributed by atoms with Crippen LogP contribution in [-0.4, -0.2) is 18.9 Å². The van der Waals surface area contributed by atoms with Crippen molar-refractivity contribution in [3.8, 4) is 0 Å². The minimum absolute atomic E-state index is 0.000200. The SMILES string of the molecule is CNC(=O)N1c2ccccc2NC2=C(C(=O)CC(C)(C)C2)C1c1ccc(F)cc1. The number of hydrogen-bond donors (Lipinski definition) is 2. The Balaban J connectivity index is 2.00. The van der Waals surface area contributed by atoms with Crippen LogP contribution in [0.1, 0.15) is 38.3 Å². The Morgan fingerprint density at radius 3 is 2.52 bits per heavy atom. The summed E-state index contributed by atoms with van der Waals surface area (Å²) in [6.45, 7) is 4.13. The predicted octanol–water partition coefficient (Wildman–Crippen LogP) is 4.78. The summed E-state index contributed by atoms with van der Waals surface area (Å²) in [4.78, 5) is 27.9. The number of fused-ring (bicyclic) bond motifs is 1. The van der Waals surface area contributed by atoms with Crippen molar-refractivity contribution in [1.82, 2.24) is 5.32 Å². The third-order valence-electron chi connectivity index (χ3n) is 5.52. The summed E-state index contributed by atoms with van der Waals surface area (Å²) in [5.74, 6) is -0.363. The molecule has 0 bridgehead atoms. The fraction of sp³-hybridized carbons (Fsp3) is 0.304. The summed E-state index contributed by atoms with van der Waals surface area (Å²) in [6, 6.07) is 12.5. The van der Waals surface area contributed by atoms with Crippen LogP contribution in [0.4, 0.5) is 20.6 Å². The maximum atomic E-state index is 13.6. The van der Waals surface area contributed by atoms with Gasteiger partial charge in [-0.25, -0.2) is 9.18 Å². The zero-order valence-electron chi connectivity index (χ0n) is 16.8. The van der Waals surface area contributed by atoms with E-state index in [1.54, 1.807) is 24.1 Å². The molecule has 1 aliphatic carbocycles. The number of halogens is 1. The Morgan fingerprint density at radius 1 is 1.14 bits per heavy atom. The molecule has 1 atom stereocenters. The Bertz CT molecular complexity index is 1010. The lowest BCUT2D eigenvalue weighted by Gasteiger charge is -2.36. The van der Waals surface area contributed by atoms with Gasteiger partial charge in [0, 0.05) is 24.7 Å². The predicted molar refractivity (Wildman–Crippen MR) is 111 cm³/mol. The molecule has 0 radical (unpaired) electrons. The van der Waals surface area contributed by atoms with Crippen LogP contribution in [-0.2, 0) is 4.79 Å². The highest BCUT2D eigenvalue weighted by atomic mass is 19.1. The van der Waals surface area contributed by atoms with E-state index in [0.29, 0.717) is 29.7 Å². The van der Waals surface area contributed by atoms with Gasteiger partial charge in [0.05, 0.1) is 17.4 Å². The molecule has 2 aliphatic rings. The number of urea groups is 1. The Labute approximate surface area is 169 Å². The van der Waals surface area contributed by atoms with Crippen molar-refractivity contribution in [1.29, 1.82) is 0 Å². The van der Waals surface area contributed by atoms with Crippen molar-refractivity contribution in [3.63, 3.8) is 0 Å². The molecule has 1 aliphatic heterocycles. The fourth-order valence-electron chi connectivity index (χ4n) is 4.29. The molecular weight excluding hydrogens is 369 g/mol. The van der Waals surface area contributed by atoms with Crippen LogP contribution in [0, 0.1) is 11.2 Å². The van der Waals surface area contributed by atoms with Gasteiger partial charge in [0.1, 0.15) is 5.82 Å². The average Bonchev–Trinajstić information content (AvgIpc) is 2.81. The Morgan fingerprint density at radius 2 is 1.83 bits per heavy atom. The molecule has 4 rings (SSSR count). The topological polar surface area (TPSA) is 61.4 Å². The molecule has 1 heterocycles. The summed E-state index contributed by atoms with van der Waals surface area (Å²) in [5, 5.41) is 6.12. The highest BCUT2D eigenvalue weighted by molar-refractivity contribution is 6.05. The zero-order valence-corrected chi connectivity index (χ0v) is 16.8. The second-order valence-corrected chi connectivity index (χ2v) is 8.35. The number of allylic oxidation sites excluding steroid dienone is 1. The maximum absolute atomic E-state index is 13.6. The van der Waals surface area contributed by atoms with Gasteiger partial charge in [-0.1, -0.05) is 38.1 Å². The van der Waals surface area contributed by atoms with Crippen molar-refractivity contribution < 1.29 is 14.0 Å². The van der Waals surface area contributed by atoms with Crippen LogP contribution >= 0.6 is 0 Å². The van der Waals surface area contributed by atoms with E-state index in [1.807, 2.05) is 24.3 Å². The number of rotatable bonds is 1. The van der Waals surface area contributed by atoms with Crippen LogP contribution in [0.15, 0.2) is 59.8 Å². The number of nitrogens with zero attached hydrogens (tertiary/aromatic N) is 1. The van der Waals surface area contributed by atoms with Gasteiger partial charge >= 0.3 is 6.03 Å². The number of benzene rings is 2. The van der Waals surface area contributed by atoms with Gasteiger partial charge in [-0.3, -0.25) is 9.69 Å². The third-order valence-corrected chi connectivity index (χ3v) is 5.52. The lowest BCUT2D eigenvalue weighted by molar-refractivity contribution is -0.118. The molecule has 0 spiro atoms. The molecule has 2 N–H and O–H groups in total. The summed E-state index contributed by atoms with van der Waals surface area (Å²) >= 11 is 0. The van der Waals surface area contributed by atoms with Crippen molar-refractivity contribution in [2.45, 2.75) is 32.7 Å². The van der Waals surface area contributed by atoms with Crippen molar-refractivity contribution >= 4 is 23.2 Å². The fourth-order valence-corrected chi connectivity index (χ4v) is 4.29.